The average molecular weight is 366 g/mol. The Hall–Kier alpha value is -3.73. The van der Waals surface area contributed by atoms with E-state index in [1.54, 1.807) is 4.52 Å². The molecule has 2 N–H and O–H groups in total. The number of hydrogen-bond acceptors (Lipinski definition) is 3. The number of amides is 1. The van der Waals surface area contributed by atoms with Crippen LogP contribution in [0.3, 0.4) is 0 Å². The summed E-state index contributed by atoms with van der Waals surface area (Å²) >= 11 is 0. The molecule has 1 aliphatic heterocycles. The highest BCUT2D eigenvalue weighted by Crippen LogP contribution is 2.41. The van der Waals surface area contributed by atoms with E-state index in [1.165, 1.54) is 11.8 Å². The molecule has 4 aromatic rings. The first-order chi connectivity index (χ1) is 13.5. The normalized spacial score (nSPS) is 12.4. The third-order valence-electron chi connectivity index (χ3n) is 5.26. The molecule has 0 saturated carbocycles. The van der Waals surface area contributed by atoms with E-state index in [1.807, 2.05) is 36.5 Å². The molecule has 3 heterocycles. The molecular weight excluding hydrogens is 348 g/mol. The molecule has 0 radical (unpaired) electrons. The SMILES string of the molecule is Cc1ccc(C)c(C2=Nc3ccccc3-c3c(C(N)=O)cnn4ccc2c34)c1. The maximum atomic E-state index is 12.2. The molecule has 0 unspecified atom stereocenters. The van der Waals surface area contributed by atoms with Gasteiger partial charge in [-0.05, 0) is 37.6 Å². The van der Waals surface area contributed by atoms with Crippen molar-refractivity contribution >= 4 is 22.8 Å². The van der Waals surface area contributed by atoms with Crippen LogP contribution in [0.4, 0.5) is 5.69 Å². The molecule has 5 nitrogen and oxygen atoms in total. The molecule has 1 amide bonds. The minimum absolute atomic E-state index is 0.400. The zero-order valence-electron chi connectivity index (χ0n) is 15.6. The van der Waals surface area contributed by atoms with Gasteiger partial charge in [0, 0.05) is 28.5 Å². The van der Waals surface area contributed by atoms with Crippen LogP contribution < -0.4 is 5.73 Å². The monoisotopic (exact) mass is 366 g/mol. The first kappa shape index (κ1) is 16.4. The number of nitrogens with zero attached hydrogens (tertiary/aromatic N) is 3. The van der Waals surface area contributed by atoms with E-state index in [-0.39, 0.29) is 0 Å². The molecule has 0 bridgehead atoms. The third-order valence-corrected chi connectivity index (χ3v) is 5.26. The van der Waals surface area contributed by atoms with Crippen molar-refractivity contribution in [3.05, 3.63) is 88.7 Å². The number of aliphatic imine (C=N–C) groups is 1. The van der Waals surface area contributed by atoms with Gasteiger partial charge in [0.1, 0.15) is 0 Å². The number of carbonyl (C=O) groups is 1. The second kappa shape index (κ2) is 5.89. The lowest BCUT2D eigenvalue weighted by atomic mass is 9.94. The van der Waals surface area contributed by atoms with Gasteiger partial charge in [-0.15, -0.1) is 0 Å². The van der Waals surface area contributed by atoms with Crippen LogP contribution in [-0.2, 0) is 0 Å². The Bertz CT molecular complexity index is 1310. The fourth-order valence-corrected chi connectivity index (χ4v) is 3.89. The molecular formula is C23H18N4O. The van der Waals surface area contributed by atoms with E-state index in [9.17, 15) is 4.79 Å². The maximum Gasteiger partial charge on any atom is 0.251 e. The standard InChI is InChI=1S/C23H18N4O/c1-13-7-8-14(2)17(11-13)21-16-9-10-27-22(16)20(18(12-25-27)23(24)28)15-5-3-4-6-19(15)26-21/h3-12H,1-2H3,(H2,24,28). The molecule has 5 heteroatoms. The summed E-state index contributed by atoms with van der Waals surface area (Å²) in [4.78, 5) is 17.2. The summed E-state index contributed by atoms with van der Waals surface area (Å²) in [6, 6.07) is 16.2. The molecule has 2 aromatic carbocycles. The van der Waals surface area contributed by atoms with Gasteiger partial charge in [0.05, 0.1) is 28.7 Å². The fraction of sp³-hybridized carbons (Fsp3) is 0.0870. The largest absolute Gasteiger partial charge is 0.366 e. The predicted molar refractivity (Wildman–Crippen MR) is 110 cm³/mol. The summed E-state index contributed by atoms with van der Waals surface area (Å²) in [6.45, 7) is 4.16. The van der Waals surface area contributed by atoms with Crippen molar-refractivity contribution in [2.24, 2.45) is 10.7 Å². The summed E-state index contributed by atoms with van der Waals surface area (Å²) in [5, 5.41) is 4.41. The number of aromatic nitrogens is 2. The quantitative estimate of drug-likeness (QED) is 0.508. The summed E-state index contributed by atoms with van der Waals surface area (Å²) in [6.07, 6.45) is 3.43. The van der Waals surface area contributed by atoms with Crippen LogP contribution in [0.2, 0.25) is 0 Å². The molecule has 0 saturated heterocycles. The van der Waals surface area contributed by atoms with Crippen molar-refractivity contribution in [3.63, 3.8) is 0 Å². The van der Waals surface area contributed by atoms with Crippen LogP contribution in [0.25, 0.3) is 16.6 Å². The van der Waals surface area contributed by atoms with Gasteiger partial charge in [0.25, 0.3) is 5.91 Å². The van der Waals surface area contributed by atoms with E-state index >= 15 is 0 Å². The molecule has 0 spiro atoms. The molecule has 5 rings (SSSR count). The summed E-state index contributed by atoms with van der Waals surface area (Å²) in [5.41, 5.74) is 14.6. The van der Waals surface area contributed by atoms with Crippen LogP contribution in [0, 0.1) is 13.8 Å². The predicted octanol–water partition coefficient (Wildman–Crippen LogP) is 4.20. The number of fused-ring (bicyclic) bond motifs is 2. The Morgan fingerprint density at radius 2 is 1.82 bits per heavy atom. The zero-order chi connectivity index (χ0) is 19.4. The van der Waals surface area contributed by atoms with Crippen LogP contribution in [0.5, 0.6) is 0 Å². The number of aryl methyl sites for hydroxylation is 2. The number of rotatable bonds is 2. The number of nitrogens with two attached hydrogens (primary N) is 1. The van der Waals surface area contributed by atoms with Crippen molar-refractivity contribution in [3.8, 4) is 11.1 Å². The molecule has 136 valence electrons. The maximum absolute atomic E-state index is 12.2. The molecule has 1 aliphatic rings. The van der Waals surface area contributed by atoms with Gasteiger partial charge in [-0.2, -0.15) is 5.10 Å². The highest BCUT2D eigenvalue weighted by molar-refractivity contribution is 6.23. The van der Waals surface area contributed by atoms with E-state index in [4.69, 9.17) is 10.7 Å². The lowest BCUT2D eigenvalue weighted by Gasteiger charge is -2.11. The van der Waals surface area contributed by atoms with Crippen LogP contribution in [0.1, 0.15) is 32.6 Å². The molecule has 0 atom stereocenters. The van der Waals surface area contributed by atoms with Crippen LogP contribution in [0.15, 0.2) is 65.9 Å². The van der Waals surface area contributed by atoms with E-state index in [0.717, 1.165) is 44.7 Å². The van der Waals surface area contributed by atoms with E-state index in [2.05, 4.69) is 37.1 Å². The smallest absolute Gasteiger partial charge is 0.251 e. The second-order valence-corrected chi connectivity index (χ2v) is 7.12. The lowest BCUT2D eigenvalue weighted by Crippen LogP contribution is -2.14. The molecule has 28 heavy (non-hydrogen) atoms. The minimum Gasteiger partial charge on any atom is -0.366 e. The lowest BCUT2D eigenvalue weighted by molar-refractivity contribution is 0.100. The van der Waals surface area contributed by atoms with Gasteiger partial charge in [-0.25, -0.2) is 9.51 Å². The average Bonchev–Trinajstić information content (AvgIpc) is 3.05. The van der Waals surface area contributed by atoms with Crippen molar-refractivity contribution in [1.82, 2.24) is 9.61 Å². The Kier molecular flexibility index (Phi) is 3.46. The fourth-order valence-electron chi connectivity index (χ4n) is 3.89. The topological polar surface area (TPSA) is 72.8 Å². The van der Waals surface area contributed by atoms with Crippen molar-refractivity contribution in [2.45, 2.75) is 13.8 Å². The Balaban J connectivity index is 1.97. The number of benzene rings is 2. The van der Waals surface area contributed by atoms with Gasteiger partial charge < -0.3 is 5.73 Å². The molecule has 0 fully saturated rings. The number of carbonyl (C=O) groups excluding carboxylic acids is 1. The summed E-state index contributed by atoms with van der Waals surface area (Å²) < 4.78 is 1.79. The highest BCUT2D eigenvalue weighted by atomic mass is 16.1. The number of primary amides is 1. The van der Waals surface area contributed by atoms with E-state index < -0.39 is 5.91 Å². The third kappa shape index (κ3) is 2.29. The van der Waals surface area contributed by atoms with Crippen molar-refractivity contribution < 1.29 is 4.79 Å². The Morgan fingerprint density at radius 1 is 1.00 bits per heavy atom. The van der Waals surface area contributed by atoms with Crippen molar-refractivity contribution in [1.29, 1.82) is 0 Å². The van der Waals surface area contributed by atoms with Gasteiger partial charge in [0.2, 0.25) is 0 Å². The van der Waals surface area contributed by atoms with Gasteiger partial charge >= 0.3 is 0 Å². The van der Waals surface area contributed by atoms with E-state index in [0.29, 0.717) is 5.56 Å². The molecule has 2 aromatic heterocycles. The summed E-state index contributed by atoms with van der Waals surface area (Å²) in [7, 11) is 0. The zero-order valence-corrected chi connectivity index (χ0v) is 15.6. The Morgan fingerprint density at radius 3 is 2.64 bits per heavy atom. The number of para-hydroxylation sites is 1. The summed E-state index contributed by atoms with van der Waals surface area (Å²) in [5.74, 6) is -0.498. The van der Waals surface area contributed by atoms with Gasteiger partial charge in [0.15, 0.2) is 0 Å². The highest BCUT2D eigenvalue weighted by Gasteiger charge is 2.26. The Labute approximate surface area is 162 Å². The van der Waals surface area contributed by atoms with Crippen LogP contribution in [-0.4, -0.2) is 21.2 Å². The first-order valence-electron chi connectivity index (χ1n) is 9.11. The van der Waals surface area contributed by atoms with Gasteiger partial charge in [-0.3, -0.25) is 4.79 Å². The number of hydrogen-bond donors (Lipinski definition) is 1. The second-order valence-electron chi connectivity index (χ2n) is 7.12. The molecule has 0 aliphatic carbocycles. The van der Waals surface area contributed by atoms with Crippen LogP contribution >= 0.6 is 0 Å². The minimum atomic E-state index is -0.498. The van der Waals surface area contributed by atoms with Gasteiger partial charge in [-0.1, -0.05) is 35.9 Å². The first-order valence-corrected chi connectivity index (χ1v) is 9.11. The van der Waals surface area contributed by atoms with Crippen molar-refractivity contribution in [2.75, 3.05) is 0 Å².